The Kier molecular flexibility index (Phi) is 5.47. The summed E-state index contributed by atoms with van der Waals surface area (Å²) in [7, 11) is 3.22. The smallest absolute Gasteiger partial charge is 0.330 e. The van der Waals surface area contributed by atoms with Gasteiger partial charge >= 0.3 is 5.69 Å². The summed E-state index contributed by atoms with van der Waals surface area (Å²) in [5.41, 5.74) is -0.668. The topological polar surface area (TPSA) is 99.8 Å². The molecule has 0 aliphatic carbocycles. The zero-order valence-electron chi connectivity index (χ0n) is 14.7. The molecule has 0 fully saturated rings. The standard InChI is InChI=1S/C15H21N3O6S/c1-16(9-13(23-4)24-5)25(21,22)10-6-7-12-11(8-10)14(19)18(3)15(20)17(12)2/h6-8,13H,9H2,1-5H3. The summed E-state index contributed by atoms with van der Waals surface area (Å²) in [5, 5.41) is 0.147. The maximum Gasteiger partial charge on any atom is 0.330 e. The van der Waals surface area contributed by atoms with Crippen molar-refractivity contribution in [1.29, 1.82) is 0 Å². The van der Waals surface area contributed by atoms with E-state index in [0.717, 1.165) is 8.87 Å². The van der Waals surface area contributed by atoms with Crippen molar-refractivity contribution in [3.05, 3.63) is 39.0 Å². The number of methoxy groups -OCH3 is 2. The van der Waals surface area contributed by atoms with Gasteiger partial charge in [-0.1, -0.05) is 0 Å². The van der Waals surface area contributed by atoms with E-state index < -0.39 is 27.6 Å². The van der Waals surface area contributed by atoms with Crippen LogP contribution >= 0.6 is 0 Å². The average molecular weight is 371 g/mol. The predicted molar refractivity (Wildman–Crippen MR) is 92.1 cm³/mol. The molecule has 1 aromatic carbocycles. The van der Waals surface area contributed by atoms with Crippen molar-refractivity contribution in [2.45, 2.75) is 11.2 Å². The molecule has 1 aromatic heterocycles. The maximum atomic E-state index is 12.7. The molecule has 0 aliphatic heterocycles. The van der Waals surface area contributed by atoms with E-state index in [2.05, 4.69) is 0 Å². The van der Waals surface area contributed by atoms with Crippen LogP contribution in [0.1, 0.15) is 0 Å². The third kappa shape index (κ3) is 3.38. The maximum absolute atomic E-state index is 12.7. The molecule has 0 radical (unpaired) electrons. The molecule has 0 amide bonds. The molecule has 2 aromatic rings. The van der Waals surface area contributed by atoms with E-state index in [1.165, 1.54) is 58.1 Å². The minimum absolute atomic E-state index is 0.0152. The van der Waals surface area contributed by atoms with E-state index in [9.17, 15) is 18.0 Å². The molecular formula is C15H21N3O6S. The monoisotopic (exact) mass is 371 g/mol. The molecule has 0 saturated carbocycles. The van der Waals surface area contributed by atoms with Gasteiger partial charge in [-0.3, -0.25) is 13.9 Å². The highest BCUT2D eigenvalue weighted by atomic mass is 32.2. The summed E-state index contributed by atoms with van der Waals surface area (Å²) in [6, 6.07) is 4.09. The van der Waals surface area contributed by atoms with Crippen LogP contribution < -0.4 is 11.2 Å². The van der Waals surface area contributed by atoms with Crippen molar-refractivity contribution in [2.75, 3.05) is 27.8 Å². The third-order valence-corrected chi connectivity index (χ3v) is 5.90. The first-order valence-corrected chi connectivity index (χ1v) is 8.80. The van der Waals surface area contributed by atoms with E-state index in [1.54, 1.807) is 0 Å². The van der Waals surface area contributed by atoms with E-state index in [0.29, 0.717) is 5.52 Å². The number of fused-ring (bicyclic) bond motifs is 1. The highest BCUT2D eigenvalue weighted by Crippen LogP contribution is 2.19. The van der Waals surface area contributed by atoms with Crippen LogP contribution in [0.2, 0.25) is 0 Å². The number of hydrogen-bond donors (Lipinski definition) is 0. The highest BCUT2D eigenvalue weighted by Gasteiger charge is 2.25. The van der Waals surface area contributed by atoms with Crippen molar-refractivity contribution in [2.24, 2.45) is 14.1 Å². The summed E-state index contributed by atoms with van der Waals surface area (Å²) in [5.74, 6) is 0. The van der Waals surface area contributed by atoms with Crippen LogP contribution in [-0.2, 0) is 33.6 Å². The summed E-state index contributed by atoms with van der Waals surface area (Å²) in [6.07, 6.45) is -0.714. The number of sulfonamides is 1. The molecule has 9 nitrogen and oxygen atoms in total. The molecule has 138 valence electrons. The van der Waals surface area contributed by atoms with Crippen molar-refractivity contribution >= 4 is 20.9 Å². The largest absolute Gasteiger partial charge is 0.355 e. The van der Waals surface area contributed by atoms with Crippen LogP contribution in [0.5, 0.6) is 0 Å². The van der Waals surface area contributed by atoms with Crippen LogP contribution in [0, 0.1) is 0 Å². The van der Waals surface area contributed by atoms with E-state index >= 15 is 0 Å². The molecule has 0 spiro atoms. The van der Waals surface area contributed by atoms with Crippen LogP contribution in [0.3, 0.4) is 0 Å². The summed E-state index contributed by atoms with van der Waals surface area (Å²) < 4.78 is 38.8. The molecule has 0 atom stereocenters. The molecule has 0 bridgehead atoms. The Hall–Kier alpha value is -2.01. The zero-order chi connectivity index (χ0) is 18.9. The van der Waals surface area contributed by atoms with Gasteiger partial charge in [-0.25, -0.2) is 13.2 Å². The van der Waals surface area contributed by atoms with E-state index in [-0.39, 0.29) is 16.8 Å². The number of likely N-dealkylation sites (N-methyl/N-ethyl adjacent to an activating group) is 1. The zero-order valence-corrected chi connectivity index (χ0v) is 15.5. The normalized spacial score (nSPS) is 12.4. The second kappa shape index (κ2) is 7.08. The molecular weight excluding hydrogens is 350 g/mol. The first kappa shape index (κ1) is 19.3. The summed E-state index contributed by atoms with van der Waals surface area (Å²) in [4.78, 5) is 24.2. The predicted octanol–water partition coefficient (Wildman–Crippen LogP) is -0.523. The summed E-state index contributed by atoms with van der Waals surface area (Å²) in [6.45, 7) is -0.0152. The van der Waals surface area contributed by atoms with Crippen LogP contribution in [0.15, 0.2) is 32.7 Å². The lowest BCUT2D eigenvalue weighted by Crippen LogP contribution is -2.37. The number of nitrogens with zero attached hydrogens (tertiary/aromatic N) is 3. The second-order valence-electron chi connectivity index (χ2n) is 5.57. The third-order valence-electron chi connectivity index (χ3n) is 4.08. The van der Waals surface area contributed by atoms with Crippen LogP contribution in [0.4, 0.5) is 0 Å². The highest BCUT2D eigenvalue weighted by molar-refractivity contribution is 7.89. The number of hydrogen-bond acceptors (Lipinski definition) is 6. The van der Waals surface area contributed by atoms with Crippen molar-refractivity contribution < 1.29 is 17.9 Å². The van der Waals surface area contributed by atoms with Gasteiger partial charge in [0, 0.05) is 35.4 Å². The van der Waals surface area contributed by atoms with Gasteiger partial charge in [-0.05, 0) is 18.2 Å². The Morgan fingerprint density at radius 1 is 1.12 bits per heavy atom. The second-order valence-corrected chi connectivity index (χ2v) is 7.62. The molecule has 10 heteroatoms. The molecule has 0 unspecified atom stereocenters. The number of benzene rings is 1. The SMILES string of the molecule is COC(CN(C)S(=O)(=O)c1ccc2c(c1)c(=O)n(C)c(=O)n2C)OC. The first-order valence-electron chi connectivity index (χ1n) is 7.36. The Morgan fingerprint density at radius 2 is 1.72 bits per heavy atom. The van der Waals surface area contributed by atoms with Crippen molar-refractivity contribution in [1.82, 2.24) is 13.4 Å². The van der Waals surface area contributed by atoms with Crippen LogP contribution in [0.25, 0.3) is 10.9 Å². The summed E-state index contributed by atoms with van der Waals surface area (Å²) >= 11 is 0. The molecule has 2 rings (SSSR count). The molecule has 1 heterocycles. The van der Waals surface area contributed by atoms with Gasteiger partial charge in [0.15, 0.2) is 6.29 Å². The fourth-order valence-corrected chi connectivity index (χ4v) is 3.65. The van der Waals surface area contributed by atoms with Gasteiger partial charge in [-0.15, -0.1) is 0 Å². The van der Waals surface area contributed by atoms with Gasteiger partial charge < -0.3 is 9.47 Å². The van der Waals surface area contributed by atoms with Crippen molar-refractivity contribution in [3.8, 4) is 0 Å². The van der Waals surface area contributed by atoms with Crippen molar-refractivity contribution in [3.63, 3.8) is 0 Å². The molecule has 0 aliphatic rings. The van der Waals surface area contributed by atoms with Gasteiger partial charge in [0.1, 0.15) is 0 Å². The van der Waals surface area contributed by atoms with Gasteiger partial charge in [0.05, 0.1) is 22.3 Å². The molecule has 0 N–H and O–H groups in total. The van der Waals surface area contributed by atoms with E-state index in [4.69, 9.17) is 9.47 Å². The Bertz CT molecular complexity index is 1000. The lowest BCUT2D eigenvalue weighted by Gasteiger charge is -2.22. The number of aromatic nitrogens is 2. The van der Waals surface area contributed by atoms with Gasteiger partial charge in [-0.2, -0.15) is 4.31 Å². The van der Waals surface area contributed by atoms with Gasteiger partial charge in [0.2, 0.25) is 10.0 Å². The number of aryl methyl sites for hydroxylation is 1. The Balaban J connectivity index is 2.58. The minimum Gasteiger partial charge on any atom is -0.355 e. The fraction of sp³-hybridized carbons (Fsp3) is 0.467. The minimum atomic E-state index is -3.86. The molecule has 25 heavy (non-hydrogen) atoms. The average Bonchev–Trinajstić information content (AvgIpc) is 2.61. The quantitative estimate of drug-likeness (QED) is 0.634. The number of ether oxygens (including phenoxy) is 2. The lowest BCUT2D eigenvalue weighted by molar-refractivity contribution is -0.106. The molecule has 0 saturated heterocycles. The van der Waals surface area contributed by atoms with E-state index in [1.807, 2.05) is 0 Å². The Morgan fingerprint density at radius 3 is 2.28 bits per heavy atom. The van der Waals surface area contributed by atoms with Crippen LogP contribution in [-0.4, -0.2) is 56.0 Å². The first-order chi connectivity index (χ1) is 11.6. The Labute approximate surface area is 145 Å². The number of rotatable bonds is 6. The lowest BCUT2D eigenvalue weighted by atomic mass is 10.2. The van der Waals surface area contributed by atoms with Gasteiger partial charge in [0.25, 0.3) is 5.56 Å². The fourth-order valence-electron chi connectivity index (χ4n) is 2.47.